The van der Waals surface area contributed by atoms with Gasteiger partial charge in [0.05, 0.1) is 32.9 Å². The van der Waals surface area contributed by atoms with Gasteiger partial charge in [0.2, 0.25) is 0 Å². The molecule has 0 unspecified atom stereocenters. The van der Waals surface area contributed by atoms with Crippen LogP contribution < -0.4 is 16.0 Å². The van der Waals surface area contributed by atoms with Crippen molar-refractivity contribution in [3.63, 3.8) is 0 Å². The molecule has 0 atom stereocenters. The first-order chi connectivity index (χ1) is 14.2. The number of carbonyl (C=O) groups is 2. The molecule has 1 heterocycles. The maximum Gasteiger partial charge on any atom is 0.272 e. The largest absolute Gasteiger partial charge is 0.355 e. The number of rotatable bonds is 6. The SMILES string of the molecule is C=C(Br)/C=C(\Nc1ncc(Cl)cc1Cl)C(=O)Nc1c(C)cc(C#N)cc1C(=O)NC. The van der Waals surface area contributed by atoms with E-state index in [1.54, 1.807) is 13.0 Å². The molecule has 2 aromatic rings. The third-order valence-corrected chi connectivity index (χ3v) is 4.51. The molecule has 0 aliphatic heterocycles. The Kier molecular flexibility index (Phi) is 8.00. The lowest BCUT2D eigenvalue weighted by Gasteiger charge is -2.16. The van der Waals surface area contributed by atoms with Gasteiger partial charge >= 0.3 is 0 Å². The molecule has 7 nitrogen and oxygen atoms in total. The number of aryl methyl sites for hydroxylation is 1. The predicted octanol–water partition coefficient (Wildman–Crippen LogP) is 4.77. The van der Waals surface area contributed by atoms with Gasteiger partial charge in [0, 0.05) is 17.7 Å². The van der Waals surface area contributed by atoms with Crippen molar-refractivity contribution in [3.8, 4) is 6.07 Å². The van der Waals surface area contributed by atoms with Gasteiger partial charge in [-0.1, -0.05) is 45.7 Å². The number of nitrogens with one attached hydrogen (secondary N) is 3. The van der Waals surface area contributed by atoms with E-state index in [1.165, 1.54) is 31.5 Å². The third-order valence-electron chi connectivity index (χ3n) is 3.78. The van der Waals surface area contributed by atoms with E-state index in [1.807, 2.05) is 6.07 Å². The zero-order valence-electron chi connectivity index (χ0n) is 15.9. The molecule has 0 radical (unpaired) electrons. The summed E-state index contributed by atoms with van der Waals surface area (Å²) in [5, 5.41) is 17.8. The van der Waals surface area contributed by atoms with E-state index in [0.29, 0.717) is 20.6 Å². The fourth-order valence-corrected chi connectivity index (χ4v) is 3.12. The molecule has 1 aromatic carbocycles. The van der Waals surface area contributed by atoms with Crippen LogP contribution in [0.3, 0.4) is 0 Å². The number of aromatic nitrogens is 1. The summed E-state index contributed by atoms with van der Waals surface area (Å²) in [6.07, 6.45) is 2.81. The highest BCUT2D eigenvalue weighted by Gasteiger charge is 2.19. The minimum absolute atomic E-state index is 0.0558. The first-order valence-corrected chi connectivity index (χ1v) is 9.93. The van der Waals surface area contributed by atoms with E-state index in [2.05, 4.69) is 43.4 Å². The summed E-state index contributed by atoms with van der Waals surface area (Å²) in [4.78, 5) is 29.4. The maximum absolute atomic E-state index is 13.0. The fraction of sp³-hybridized carbons (Fsp3) is 0.100. The number of pyridine rings is 1. The summed E-state index contributed by atoms with van der Waals surface area (Å²) < 4.78 is 0.410. The van der Waals surface area contributed by atoms with Gasteiger partial charge in [0.15, 0.2) is 0 Å². The Bertz CT molecular complexity index is 1110. The van der Waals surface area contributed by atoms with Gasteiger partial charge in [-0.15, -0.1) is 0 Å². The van der Waals surface area contributed by atoms with Crippen molar-refractivity contribution in [1.82, 2.24) is 10.3 Å². The lowest BCUT2D eigenvalue weighted by Crippen LogP contribution is -2.25. The van der Waals surface area contributed by atoms with E-state index in [9.17, 15) is 14.9 Å². The quantitative estimate of drug-likeness (QED) is 0.384. The minimum atomic E-state index is -0.582. The van der Waals surface area contributed by atoms with Crippen LogP contribution in [-0.4, -0.2) is 23.8 Å². The molecule has 3 N–H and O–H groups in total. The number of halogens is 3. The zero-order valence-corrected chi connectivity index (χ0v) is 19.0. The number of anilines is 2. The van der Waals surface area contributed by atoms with E-state index < -0.39 is 11.8 Å². The van der Waals surface area contributed by atoms with Crippen molar-refractivity contribution in [2.24, 2.45) is 0 Å². The van der Waals surface area contributed by atoms with E-state index in [-0.39, 0.29) is 27.8 Å². The number of benzene rings is 1. The average molecular weight is 509 g/mol. The van der Waals surface area contributed by atoms with E-state index in [0.717, 1.165) is 0 Å². The van der Waals surface area contributed by atoms with Gasteiger partial charge in [0.25, 0.3) is 11.8 Å². The normalized spacial score (nSPS) is 10.7. The molecule has 1 aromatic heterocycles. The minimum Gasteiger partial charge on any atom is -0.355 e. The Morgan fingerprint density at radius 3 is 2.53 bits per heavy atom. The molecule has 0 saturated carbocycles. The van der Waals surface area contributed by atoms with Gasteiger partial charge in [-0.25, -0.2) is 4.98 Å². The summed E-state index contributed by atoms with van der Waals surface area (Å²) in [5.41, 5.74) is 1.31. The average Bonchev–Trinajstić information content (AvgIpc) is 2.69. The second-order valence-electron chi connectivity index (χ2n) is 5.97. The maximum atomic E-state index is 13.0. The van der Waals surface area contributed by atoms with Gasteiger partial charge in [-0.05, 0) is 36.8 Å². The molecule has 0 spiro atoms. The lowest BCUT2D eigenvalue weighted by molar-refractivity contribution is -0.112. The van der Waals surface area contributed by atoms with Gasteiger partial charge in [0.1, 0.15) is 11.5 Å². The summed E-state index contributed by atoms with van der Waals surface area (Å²) in [6.45, 7) is 5.39. The van der Waals surface area contributed by atoms with Crippen LogP contribution in [0.2, 0.25) is 10.0 Å². The van der Waals surface area contributed by atoms with E-state index in [4.69, 9.17) is 23.2 Å². The lowest BCUT2D eigenvalue weighted by atomic mass is 10.0. The van der Waals surface area contributed by atoms with Crippen molar-refractivity contribution in [2.45, 2.75) is 6.92 Å². The van der Waals surface area contributed by atoms with Crippen LogP contribution in [0.25, 0.3) is 0 Å². The number of nitrogens with zero attached hydrogens (tertiary/aromatic N) is 2. The zero-order chi connectivity index (χ0) is 22.4. The first kappa shape index (κ1) is 23.4. The summed E-state index contributed by atoms with van der Waals surface area (Å²) in [6, 6.07) is 6.44. The van der Waals surface area contributed by atoms with Crippen LogP contribution in [0.4, 0.5) is 11.5 Å². The molecule has 2 amide bonds. The number of nitriles is 1. The van der Waals surface area contributed by atoms with Crippen LogP contribution in [0.5, 0.6) is 0 Å². The molecule has 0 bridgehead atoms. The molecule has 30 heavy (non-hydrogen) atoms. The Hall–Kier alpha value is -2.86. The van der Waals surface area contributed by atoms with Crippen LogP contribution in [0.15, 0.2) is 47.2 Å². The van der Waals surface area contributed by atoms with Crippen molar-refractivity contribution in [1.29, 1.82) is 5.26 Å². The molecular weight excluding hydrogens is 493 g/mol. The monoisotopic (exact) mass is 507 g/mol. The number of carbonyl (C=O) groups excluding carboxylic acids is 2. The number of amides is 2. The van der Waals surface area contributed by atoms with Crippen LogP contribution in [-0.2, 0) is 4.79 Å². The topological polar surface area (TPSA) is 107 Å². The van der Waals surface area contributed by atoms with Crippen molar-refractivity contribution >= 4 is 62.5 Å². The fourth-order valence-electron chi connectivity index (χ4n) is 2.46. The summed E-state index contributed by atoms with van der Waals surface area (Å²) >= 11 is 15.2. The van der Waals surface area contributed by atoms with Crippen molar-refractivity contribution in [2.75, 3.05) is 17.7 Å². The molecule has 0 aliphatic rings. The standard InChI is InChI=1S/C20H16BrCl2N5O2/c1-10-4-12(8-24)6-14(19(29)25-3)17(10)28-20(30)16(5-11(2)21)27-18-15(23)7-13(22)9-26-18/h4-7,9H,2H2,1,3H3,(H,25,29)(H,26,27)(H,28,30)/b16-5-. The highest BCUT2D eigenvalue weighted by atomic mass is 79.9. The van der Waals surface area contributed by atoms with Gasteiger partial charge in [-0.3, -0.25) is 9.59 Å². The van der Waals surface area contributed by atoms with Gasteiger partial charge in [-0.2, -0.15) is 5.26 Å². The Labute approximate surface area is 191 Å². The molecule has 10 heteroatoms. The second-order valence-corrected chi connectivity index (χ2v) is 7.84. The predicted molar refractivity (Wildman–Crippen MR) is 122 cm³/mol. The van der Waals surface area contributed by atoms with Crippen LogP contribution in [0.1, 0.15) is 21.5 Å². The Morgan fingerprint density at radius 2 is 1.97 bits per heavy atom. The number of hydrogen-bond donors (Lipinski definition) is 3. The van der Waals surface area contributed by atoms with Crippen molar-refractivity contribution < 1.29 is 9.59 Å². The number of allylic oxidation sites excluding steroid dienone is 2. The smallest absolute Gasteiger partial charge is 0.272 e. The Morgan fingerprint density at radius 1 is 1.27 bits per heavy atom. The molecule has 0 fully saturated rings. The molecular formula is C20H16BrCl2N5O2. The van der Waals surface area contributed by atoms with Crippen LogP contribution >= 0.6 is 39.1 Å². The molecule has 0 saturated heterocycles. The summed E-state index contributed by atoms with van der Waals surface area (Å²) in [7, 11) is 1.46. The highest BCUT2D eigenvalue weighted by molar-refractivity contribution is 9.11. The Balaban J connectivity index is 2.45. The second kappa shape index (κ2) is 10.3. The molecule has 2 rings (SSSR count). The third kappa shape index (κ3) is 5.83. The summed E-state index contributed by atoms with van der Waals surface area (Å²) in [5.74, 6) is -0.822. The molecule has 0 aliphatic carbocycles. The van der Waals surface area contributed by atoms with E-state index >= 15 is 0 Å². The van der Waals surface area contributed by atoms with Gasteiger partial charge < -0.3 is 16.0 Å². The van der Waals surface area contributed by atoms with Crippen molar-refractivity contribution in [3.05, 3.63) is 74.0 Å². The molecule has 154 valence electrons. The highest BCUT2D eigenvalue weighted by Crippen LogP contribution is 2.26. The van der Waals surface area contributed by atoms with Crippen LogP contribution in [0, 0.1) is 18.3 Å². The number of hydrogen-bond acceptors (Lipinski definition) is 5. The first-order valence-electron chi connectivity index (χ1n) is 8.38.